The number of hydrogen-bond acceptors (Lipinski definition) is 3. The summed E-state index contributed by atoms with van der Waals surface area (Å²) in [7, 11) is -4.12. The molecule has 0 aliphatic heterocycles. The van der Waals surface area contributed by atoms with E-state index in [1.54, 1.807) is 0 Å². The molecule has 0 bridgehead atoms. The molecule has 0 aliphatic rings. The van der Waals surface area contributed by atoms with Crippen molar-refractivity contribution in [1.82, 2.24) is 4.72 Å². The summed E-state index contributed by atoms with van der Waals surface area (Å²) in [5, 5.41) is 8.38. The zero-order valence-corrected chi connectivity index (χ0v) is 11.3. The summed E-state index contributed by atoms with van der Waals surface area (Å²) in [4.78, 5) is -0.565. The van der Waals surface area contributed by atoms with Crippen molar-refractivity contribution < 1.29 is 26.7 Å². The Balaban J connectivity index is 3.16. The maximum atomic E-state index is 12.6. The first kappa shape index (κ1) is 16.2. The third-order valence-corrected chi connectivity index (χ3v) is 3.87. The summed E-state index contributed by atoms with van der Waals surface area (Å²) in [6.45, 7) is 1.04. The molecule has 1 aromatic carbocycles. The van der Waals surface area contributed by atoms with Crippen LogP contribution in [0.5, 0.6) is 0 Å². The van der Waals surface area contributed by atoms with Gasteiger partial charge in [0.1, 0.15) is 0 Å². The number of aliphatic hydroxyl groups is 1. The Kier molecular flexibility index (Phi) is 4.83. The van der Waals surface area contributed by atoms with Crippen molar-refractivity contribution in [3.8, 4) is 0 Å². The number of rotatable bonds is 4. The van der Waals surface area contributed by atoms with Crippen LogP contribution in [0.4, 0.5) is 13.2 Å². The lowest BCUT2D eigenvalue weighted by atomic mass is 10.2. The first-order valence-electron chi connectivity index (χ1n) is 5.08. The van der Waals surface area contributed by atoms with Crippen molar-refractivity contribution in [2.24, 2.45) is 0 Å². The van der Waals surface area contributed by atoms with Crippen LogP contribution < -0.4 is 4.72 Å². The Labute approximate surface area is 113 Å². The fourth-order valence-electron chi connectivity index (χ4n) is 1.20. The standard InChI is InChI=1S/C10H11ClF3NO3S/c1-6(16)5-15-19(17,18)7-2-3-9(11)8(4-7)10(12,13)14/h2-4,6,15-16H,5H2,1H3/t6-/m0/s1. The maximum absolute atomic E-state index is 12.6. The Bertz CT molecular complexity index is 558. The molecular weight excluding hydrogens is 307 g/mol. The van der Waals surface area contributed by atoms with E-state index in [4.69, 9.17) is 16.7 Å². The predicted molar refractivity (Wildman–Crippen MR) is 63.3 cm³/mol. The van der Waals surface area contributed by atoms with Gasteiger partial charge in [-0.1, -0.05) is 11.6 Å². The second kappa shape index (κ2) is 5.66. The van der Waals surface area contributed by atoms with E-state index in [2.05, 4.69) is 0 Å². The molecule has 0 fully saturated rings. The van der Waals surface area contributed by atoms with Crippen LogP contribution in [-0.2, 0) is 16.2 Å². The van der Waals surface area contributed by atoms with Crippen LogP contribution in [0.1, 0.15) is 12.5 Å². The van der Waals surface area contributed by atoms with E-state index in [9.17, 15) is 21.6 Å². The summed E-state index contributed by atoms with van der Waals surface area (Å²) in [6.07, 6.45) is -5.70. The van der Waals surface area contributed by atoms with Crippen LogP contribution in [0.25, 0.3) is 0 Å². The highest BCUT2D eigenvalue weighted by molar-refractivity contribution is 7.89. The van der Waals surface area contributed by atoms with E-state index in [0.29, 0.717) is 6.07 Å². The number of nitrogens with one attached hydrogen (secondary N) is 1. The molecular formula is C10H11ClF3NO3S. The van der Waals surface area contributed by atoms with Gasteiger partial charge in [-0.25, -0.2) is 13.1 Å². The minimum Gasteiger partial charge on any atom is -0.392 e. The smallest absolute Gasteiger partial charge is 0.392 e. The van der Waals surface area contributed by atoms with Gasteiger partial charge in [0.25, 0.3) is 0 Å². The lowest BCUT2D eigenvalue weighted by Gasteiger charge is -2.12. The lowest BCUT2D eigenvalue weighted by Crippen LogP contribution is -2.30. The highest BCUT2D eigenvalue weighted by Gasteiger charge is 2.34. The van der Waals surface area contributed by atoms with Crippen molar-refractivity contribution in [3.05, 3.63) is 28.8 Å². The monoisotopic (exact) mass is 317 g/mol. The van der Waals surface area contributed by atoms with Gasteiger partial charge in [-0.15, -0.1) is 0 Å². The van der Waals surface area contributed by atoms with Gasteiger partial charge >= 0.3 is 6.18 Å². The third-order valence-electron chi connectivity index (χ3n) is 2.12. The zero-order valence-electron chi connectivity index (χ0n) is 9.70. The van der Waals surface area contributed by atoms with Gasteiger partial charge in [0.05, 0.1) is 21.6 Å². The molecule has 4 nitrogen and oxygen atoms in total. The van der Waals surface area contributed by atoms with E-state index >= 15 is 0 Å². The average molecular weight is 318 g/mol. The largest absolute Gasteiger partial charge is 0.417 e. The van der Waals surface area contributed by atoms with E-state index in [1.165, 1.54) is 6.92 Å². The summed E-state index contributed by atoms with van der Waals surface area (Å²) < 4.78 is 63.1. The number of benzene rings is 1. The fourth-order valence-corrected chi connectivity index (χ4v) is 2.57. The van der Waals surface area contributed by atoms with Gasteiger partial charge < -0.3 is 5.11 Å². The number of halogens is 4. The van der Waals surface area contributed by atoms with E-state index in [-0.39, 0.29) is 6.54 Å². The zero-order chi connectivity index (χ0) is 14.8. The Morgan fingerprint density at radius 3 is 2.47 bits per heavy atom. The molecule has 0 heterocycles. The normalized spacial score (nSPS) is 14.4. The van der Waals surface area contributed by atoms with Crippen molar-refractivity contribution in [2.75, 3.05) is 6.54 Å². The lowest BCUT2D eigenvalue weighted by molar-refractivity contribution is -0.137. The molecule has 0 unspecified atom stereocenters. The quantitative estimate of drug-likeness (QED) is 0.893. The Hall–Kier alpha value is -0.830. The maximum Gasteiger partial charge on any atom is 0.417 e. The number of sulfonamides is 1. The molecule has 0 aromatic heterocycles. The third kappa shape index (κ3) is 4.34. The van der Waals surface area contributed by atoms with Crippen LogP contribution >= 0.6 is 11.6 Å². The van der Waals surface area contributed by atoms with Crippen LogP contribution in [-0.4, -0.2) is 26.2 Å². The Morgan fingerprint density at radius 1 is 1.42 bits per heavy atom. The highest BCUT2D eigenvalue weighted by atomic mass is 35.5. The topological polar surface area (TPSA) is 66.4 Å². The molecule has 1 aromatic rings. The summed E-state index contributed by atoms with van der Waals surface area (Å²) in [5.74, 6) is 0. The molecule has 108 valence electrons. The molecule has 2 N–H and O–H groups in total. The minimum atomic E-state index is -4.74. The average Bonchev–Trinajstić information content (AvgIpc) is 2.25. The SMILES string of the molecule is C[C@H](O)CNS(=O)(=O)c1ccc(Cl)c(C(F)(F)F)c1. The van der Waals surface area contributed by atoms with Gasteiger partial charge in [-0.05, 0) is 25.1 Å². The van der Waals surface area contributed by atoms with Crippen molar-refractivity contribution >= 4 is 21.6 Å². The van der Waals surface area contributed by atoms with Crippen molar-refractivity contribution in [1.29, 1.82) is 0 Å². The van der Waals surface area contributed by atoms with Gasteiger partial charge in [-0.3, -0.25) is 0 Å². The second-order valence-corrected chi connectivity index (χ2v) is 6.01. The first-order valence-corrected chi connectivity index (χ1v) is 6.94. The molecule has 0 amide bonds. The molecule has 9 heteroatoms. The van der Waals surface area contributed by atoms with Crippen LogP contribution in [0, 0.1) is 0 Å². The molecule has 1 rings (SSSR count). The van der Waals surface area contributed by atoms with Gasteiger partial charge in [0.15, 0.2) is 0 Å². The van der Waals surface area contributed by atoms with Crippen molar-refractivity contribution in [3.63, 3.8) is 0 Å². The van der Waals surface area contributed by atoms with Gasteiger partial charge in [0.2, 0.25) is 10.0 Å². The van der Waals surface area contributed by atoms with Crippen molar-refractivity contribution in [2.45, 2.75) is 24.1 Å². The molecule has 1 atom stereocenters. The number of alkyl halides is 3. The number of hydrogen-bond donors (Lipinski definition) is 2. The van der Waals surface area contributed by atoms with E-state index in [0.717, 1.165) is 12.1 Å². The molecule has 0 saturated heterocycles. The predicted octanol–water partition coefficient (Wildman–Crippen LogP) is 2.02. The molecule has 0 saturated carbocycles. The highest BCUT2D eigenvalue weighted by Crippen LogP contribution is 2.35. The summed E-state index contributed by atoms with van der Waals surface area (Å²) in [5.41, 5.74) is -1.23. The van der Waals surface area contributed by atoms with E-state index in [1.807, 2.05) is 4.72 Å². The number of aliphatic hydroxyl groups excluding tert-OH is 1. The molecule has 0 aliphatic carbocycles. The Morgan fingerprint density at radius 2 is 2.00 bits per heavy atom. The minimum absolute atomic E-state index is 0.299. The summed E-state index contributed by atoms with van der Waals surface area (Å²) in [6, 6.07) is 2.27. The fraction of sp³-hybridized carbons (Fsp3) is 0.400. The van der Waals surface area contributed by atoms with Gasteiger partial charge in [-0.2, -0.15) is 13.2 Å². The molecule has 19 heavy (non-hydrogen) atoms. The molecule has 0 radical (unpaired) electrons. The van der Waals surface area contributed by atoms with Gasteiger partial charge in [0, 0.05) is 6.54 Å². The first-order chi connectivity index (χ1) is 8.54. The van der Waals surface area contributed by atoms with Crippen LogP contribution in [0.2, 0.25) is 5.02 Å². The van der Waals surface area contributed by atoms with Crippen LogP contribution in [0.3, 0.4) is 0 Å². The molecule has 0 spiro atoms. The van der Waals surface area contributed by atoms with E-state index < -0.39 is 37.8 Å². The van der Waals surface area contributed by atoms with Crippen LogP contribution in [0.15, 0.2) is 23.1 Å². The summed E-state index contributed by atoms with van der Waals surface area (Å²) >= 11 is 5.38. The second-order valence-electron chi connectivity index (χ2n) is 3.84.